The maximum Gasteiger partial charge on any atom is 0.0414 e. The van der Waals surface area contributed by atoms with Crippen molar-refractivity contribution in [3.8, 4) is 0 Å². The second-order valence-corrected chi connectivity index (χ2v) is 4.43. The van der Waals surface area contributed by atoms with Gasteiger partial charge >= 0.3 is 0 Å². The summed E-state index contributed by atoms with van der Waals surface area (Å²) in [5.41, 5.74) is 2.41. The van der Waals surface area contributed by atoms with E-state index >= 15 is 0 Å². The quantitative estimate of drug-likeness (QED) is 0.625. The zero-order valence-electron chi connectivity index (χ0n) is 10.4. The van der Waals surface area contributed by atoms with E-state index in [1.54, 1.807) is 0 Å². The van der Waals surface area contributed by atoms with Gasteiger partial charge in [0, 0.05) is 18.4 Å². The zero-order valence-corrected chi connectivity index (χ0v) is 10.4. The summed E-state index contributed by atoms with van der Waals surface area (Å²) in [5.74, 6) is 0. The molecule has 3 rings (SSSR count). The lowest BCUT2D eigenvalue weighted by molar-refractivity contribution is 1.21. The van der Waals surface area contributed by atoms with Crippen molar-refractivity contribution in [2.24, 2.45) is 0 Å². The number of hydrogen-bond acceptors (Lipinski definition) is 1. The Labute approximate surface area is 107 Å². The Kier molecular flexibility index (Phi) is 2.73. The van der Waals surface area contributed by atoms with E-state index in [0.717, 1.165) is 0 Å². The average Bonchev–Trinajstić information content (AvgIpc) is 2.47. The first kappa shape index (κ1) is 10.8. The first-order valence-electron chi connectivity index (χ1n) is 6.12. The summed E-state index contributed by atoms with van der Waals surface area (Å²) >= 11 is 0. The summed E-state index contributed by atoms with van der Waals surface area (Å²) in [4.78, 5) is 2.20. The molecule has 0 amide bonds. The van der Waals surface area contributed by atoms with Crippen molar-refractivity contribution in [1.29, 1.82) is 0 Å². The predicted molar refractivity (Wildman–Crippen MR) is 78.5 cm³/mol. The monoisotopic (exact) mass is 233 g/mol. The van der Waals surface area contributed by atoms with Crippen LogP contribution >= 0.6 is 0 Å². The van der Waals surface area contributed by atoms with Crippen LogP contribution in [-0.4, -0.2) is 7.05 Å². The Hall–Kier alpha value is -2.28. The predicted octanol–water partition coefficient (Wildman–Crippen LogP) is 4.61. The highest BCUT2D eigenvalue weighted by Crippen LogP contribution is 2.26. The fourth-order valence-electron chi connectivity index (χ4n) is 2.19. The molecule has 3 aromatic rings. The van der Waals surface area contributed by atoms with Gasteiger partial charge in [-0.3, -0.25) is 0 Å². The van der Waals surface area contributed by atoms with Crippen molar-refractivity contribution in [3.63, 3.8) is 0 Å². The van der Waals surface area contributed by atoms with Crippen molar-refractivity contribution in [2.45, 2.75) is 0 Å². The molecule has 0 atom stereocenters. The zero-order chi connectivity index (χ0) is 12.4. The number of para-hydroxylation sites is 1. The van der Waals surface area contributed by atoms with Crippen LogP contribution in [0.2, 0.25) is 0 Å². The van der Waals surface area contributed by atoms with Crippen LogP contribution < -0.4 is 4.90 Å². The highest BCUT2D eigenvalue weighted by molar-refractivity contribution is 5.86. The molecule has 18 heavy (non-hydrogen) atoms. The van der Waals surface area contributed by atoms with E-state index in [1.165, 1.54) is 22.1 Å². The number of nitrogens with zero attached hydrogens (tertiary/aromatic N) is 1. The molecule has 0 radical (unpaired) electrons. The molecule has 0 heterocycles. The molecule has 0 N–H and O–H groups in total. The lowest BCUT2D eigenvalue weighted by Crippen LogP contribution is -2.08. The van der Waals surface area contributed by atoms with Crippen LogP contribution in [0.1, 0.15) is 0 Å². The first-order valence-corrected chi connectivity index (χ1v) is 6.12. The van der Waals surface area contributed by atoms with Gasteiger partial charge in [0.25, 0.3) is 0 Å². The minimum atomic E-state index is 1.20. The van der Waals surface area contributed by atoms with E-state index in [4.69, 9.17) is 0 Å². The number of hydrogen-bond donors (Lipinski definition) is 0. The lowest BCUT2D eigenvalue weighted by Gasteiger charge is -2.19. The minimum absolute atomic E-state index is 1.20. The molecule has 0 unspecified atom stereocenters. The van der Waals surface area contributed by atoms with E-state index in [1.807, 2.05) is 6.07 Å². The highest BCUT2D eigenvalue weighted by atomic mass is 15.1. The van der Waals surface area contributed by atoms with Crippen molar-refractivity contribution in [2.75, 3.05) is 11.9 Å². The fourth-order valence-corrected chi connectivity index (χ4v) is 2.19. The van der Waals surface area contributed by atoms with Crippen molar-refractivity contribution < 1.29 is 0 Å². The molecule has 0 spiro atoms. The molecule has 88 valence electrons. The number of anilines is 2. The third-order valence-electron chi connectivity index (χ3n) is 3.26. The Morgan fingerprint density at radius 2 is 1.28 bits per heavy atom. The van der Waals surface area contributed by atoms with Crippen LogP contribution in [0.4, 0.5) is 11.4 Å². The van der Waals surface area contributed by atoms with Crippen molar-refractivity contribution in [3.05, 3.63) is 72.8 Å². The molecule has 0 aromatic heterocycles. The summed E-state index contributed by atoms with van der Waals surface area (Å²) in [6.45, 7) is 0. The topological polar surface area (TPSA) is 3.24 Å². The SMILES string of the molecule is CN(c1ccccc1)c1ccc2ccccc2c1. The first-order chi connectivity index (χ1) is 8.84. The molecule has 0 aliphatic heterocycles. The van der Waals surface area contributed by atoms with Crippen LogP contribution in [0.25, 0.3) is 10.8 Å². The average molecular weight is 233 g/mol. The van der Waals surface area contributed by atoms with Gasteiger partial charge in [0.05, 0.1) is 0 Å². The Balaban J connectivity index is 2.04. The second kappa shape index (κ2) is 4.53. The highest BCUT2D eigenvalue weighted by Gasteiger charge is 2.03. The van der Waals surface area contributed by atoms with Gasteiger partial charge in [0.15, 0.2) is 0 Å². The molecule has 3 aromatic carbocycles. The third-order valence-corrected chi connectivity index (χ3v) is 3.26. The van der Waals surface area contributed by atoms with E-state index < -0.39 is 0 Å². The smallest absolute Gasteiger partial charge is 0.0414 e. The van der Waals surface area contributed by atoms with Gasteiger partial charge in [0.1, 0.15) is 0 Å². The van der Waals surface area contributed by atoms with Crippen molar-refractivity contribution >= 4 is 22.1 Å². The summed E-state index contributed by atoms with van der Waals surface area (Å²) in [6.07, 6.45) is 0. The van der Waals surface area contributed by atoms with Gasteiger partial charge in [-0.15, -0.1) is 0 Å². The van der Waals surface area contributed by atoms with Crippen LogP contribution in [0.3, 0.4) is 0 Å². The Morgan fingerprint density at radius 1 is 0.611 bits per heavy atom. The molecular weight excluding hydrogens is 218 g/mol. The van der Waals surface area contributed by atoms with Gasteiger partial charge < -0.3 is 4.90 Å². The van der Waals surface area contributed by atoms with E-state index in [0.29, 0.717) is 0 Å². The molecule has 1 nitrogen and oxygen atoms in total. The molecule has 0 aliphatic carbocycles. The standard InChI is InChI=1S/C17H15N/c1-18(16-9-3-2-4-10-16)17-12-11-14-7-5-6-8-15(14)13-17/h2-13H,1H3. The Bertz CT molecular complexity index is 659. The van der Waals surface area contributed by atoms with E-state index in [9.17, 15) is 0 Å². The molecular formula is C17H15N. The summed E-state index contributed by atoms with van der Waals surface area (Å²) in [7, 11) is 2.10. The van der Waals surface area contributed by atoms with Crippen LogP contribution in [0.15, 0.2) is 72.8 Å². The van der Waals surface area contributed by atoms with Crippen LogP contribution in [0, 0.1) is 0 Å². The maximum atomic E-state index is 2.22. The number of rotatable bonds is 2. The van der Waals surface area contributed by atoms with E-state index in [-0.39, 0.29) is 0 Å². The van der Waals surface area contributed by atoms with Gasteiger partial charge in [-0.05, 0) is 35.0 Å². The summed E-state index contributed by atoms with van der Waals surface area (Å²) in [6, 6.07) is 25.4. The van der Waals surface area contributed by atoms with Crippen molar-refractivity contribution in [1.82, 2.24) is 0 Å². The van der Waals surface area contributed by atoms with Crippen LogP contribution in [-0.2, 0) is 0 Å². The molecule has 0 bridgehead atoms. The second-order valence-electron chi connectivity index (χ2n) is 4.43. The largest absolute Gasteiger partial charge is 0.345 e. The molecule has 0 saturated heterocycles. The van der Waals surface area contributed by atoms with Gasteiger partial charge in [0.2, 0.25) is 0 Å². The molecule has 0 saturated carbocycles. The van der Waals surface area contributed by atoms with Gasteiger partial charge in [-0.1, -0.05) is 48.5 Å². The summed E-state index contributed by atoms with van der Waals surface area (Å²) < 4.78 is 0. The minimum Gasteiger partial charge on any atom is -0.345 e. The summed E-state index contributed by atoms with van der Waals surface area (Å²) in [5, 5.41) is 2.56. The Morgan fingerprint density at radius 3 is 2.06 bits per heavy atom. The number of fused-ring (bicyclic) bond motifs is 1. The van der Waals surface area contributed by atoms with Gasteiger partial charge in [-0.25, -0.2) is 0 Å². The normalized spacial score (nSPS) is 10.5. The fraction of sp³-hybridized carbons (Fsp3) is 0.0588. The lowest BCUT2D eigenvalue weighted by atomic mass is 10.1. The molecule has 0 fully saturated rings. The van der Waals surface area contributed by atoms with Gasteiger partial charge in [-0.2, -0.15) is 0 Å². The number of benzene rings is 3. The third kappa shape index (κ3) is 1.95. The van der Waals surface area contributed by atoms with Crippen LogP contribution in [0.5, 0.6) is 0 Å². The molecule has 1 heteroatoms. The maximum absolute atomic E-state index is 2.22. The van der Waals surface area contributed by atoms with E-state index in [2.05, 4.69) is 78.7 Å². The molecule has 0 aliphatic rings.